The summed E-state index contributed by atoms with van der Waals surface area (Å²) in [6.07, 6.45) is 2.54. The first-order chi connectivity index (χ1) is 8.10. The predicted molar refractivity (Wildman–Crippen MR) is 80.5 cm³/mol. The van der Waals surface area contributed by atoms with Gasteiger partial charge in [0.2, 0.25) is 0 Å². The number of piperidine rings is 1. The number of halogens is 1. The minimum atomic E-state index is 0. The van der Waals surface area contributed by atoms with Gasteiger partial charge in [-0.25, -0.2) is 4.98 Å². The van der Waals surface area contributed by atoms with E-state index < -0.39 is 0 Å². The zero-order valence-electron chi connectivity index (χ0n) is 11.5. The van der Waals surface area contributed by atoms with Gasteiger partial charge in [-0.3, -0.25) is 4.90 Å². The number of nitrogens with zero attached hydrogens (tertiary/aromatic N) is 2. The molecule has 0 spiro atoms. The Morgan fingerprint density at radius 3 is 2.72 bits per heavy atom. The zero-order valence-corrected chi connectivity index (χ0v) is 13.1. The standard InChI is InChI=1S/C13H23N3S.ClH/c1-9-4-5-16(12(6-9)7-14)8-13-10(2)15-11(3)17-13;/h9,12H,4-8,14H2,1-3H3;1H. The van der Waals surface area contributed by atoms with Crippen molar-refractivity contribution in [3.63, 3.8) is 0 Å². The molecule has 1 aliphatic heterocycles. The number of nitrogens with two attached hydrogens (primary N) is 1. The van der Waals surface area contributed by atoms with Gasteiger partial charge in [0.15, 0.2) is 0 Å². The Labute approximate surface area is 120 Å². The Morgan fingerprint density at radius 2 is 2.17 bits per heavy atom. The van der Waals surface area contributed by atoms with Crippen molar-refractivity contribution in [3.8, 4) is 0 Å². The zero-order chi connectivity index (χ0) is 12.4. The van der Waals surface area contributed by atoms with E-state index in [2.05, 4.69) is 30.7 Å². The van der Waals surface area contributed by atoms with Crippen LogP contribution in [0.15, 0.2) is 0 Å². The molecule has 0 amide bonds. The van der Waals surface area contributed by atoms with Gasteiger partial charge in [-0.2, -0.15) is 0 Å². The summed E-state index contributed by atoms with van der Waals surface area (Å²) >= 11 is 1.83. The maximum Gasteiger partial charge on any atom is 0.0900 e. The van der Waals surface area contributed by atoms with Crippen molar-refractivity contribution in [1.82, 2.24) is 9.88 Å². The summed E-state index contributed by atoms with van der Waals surface area (Å²) in [6, 6.07) is 0.556. The molecule has 1 aromatic rings. The van der Waals surface area contributed by atoms with Crippen LogP contribution in [-0.4, -0.2) is 29.0 Å². The second kappa shape index (κ2) is 6.85. The maximum atomic E-state index is 5.90. The summed E-state index contributed by atoms with van der Waals surface area (Å²) in [5, 5.41) is 1.17. The highest BCUT2D eigenvalue weighted by molar-refractivity contribution is 7.11. The number of hydrogen-bond acceptors (Lipinski definition) is 4. The molecule has 5 heteroatoms. The van der Waals surface area contributed by atoms with Gasteiger partial charge in [-0.05, 0) is 39.2 Å². The van der Waals surface area contributed by atoms with Crippen LogP contribution in [0.1, 0.15) is 35.3 Å². The summed E-state index contributed by atoms with van der Waals surface area (Å²) in [4.78, 5) is 8.46. The van der Waals surface area contributed by atoms with E-state index in [1.54, 1.807) is 0 Å². The van der Waals surface area contributed by atoms with Gasteiger partial charge in [0.05, 0.1) is 10.7 Å². The van der Waals surface area contributed by atoms with Crippen molar-refractivity contribution in [2.45, 2.75) is 46.2 Å². The molecule has 0 aliphatic carbocycles. The van der Waals surface area contributed by atoms with Crippen LogP contribution in [0.2, 0.25) is 0 Å². The summed E-state index contributed by atoms with van der Waals surface area (Å²) < 4.78 is 0. The molecule has 3 nitrogen and oxygen atoms in total. The number of hydrogen-bond donors (Lipinski definition) is 1. The Kier molecular flexibility index (Phi) is 6.05. The van der Waals surface area contributed by atoms with E-state index in [1.165, 1.54) is 35.0 Å². The molecule has 2 unspecified atom stereocenters. The van der Waals surface area contributed by atoms with Crippen molar-refractivity contribution in [2.24, 2.45) is 11.7 Å². The Balaban J connectivity index is 0.00000162. The highest BCUT2D eigenvalue weighted by Crippen LogP contribution is 2.26. The van der Waals surface area contributed by atoms with Gasteiger partial charge in [0.25, 0.3) is 0 Å². The van der Waals surface area contributed by atoms with Gasteiger partial charge in [-0.1, -0.05) is 6.92 Å². The Bertz CT molecular complexity index is 380. The molecule has 1 aromatic heterocycles. The van der Waals surface area contributed by atoms with Crippen LogP contribution >= 0.6 is 23.7 Å². The second-order valence-electron chi connectivity index (χ2n) is 5.23. The van der Waals surface area contributed by atoms with Crippen LogP contribution in [0.5, 0.6) is 0 Å². The highest BCUT2D eigenvalue weighted by Gasteiger charge is 2.26. The summed E-state index contributed by atoms with van der Waals surface area (Å²) in [5.41, 5.74) is 7.10. The molecule has 0 bridgehead atoms. The van der Waals surface area contributed by atoms with Gasteiger partial charge in [0.1, 0.15) is 0 Å². The molecule has 2 rings (SSSR count). The van der Waals surface area contributed by atoms with E-state index in [1.807, 2.05) is 11.3 Å². The van der Waals surface area contributed by atoms with Crippen molar-refractivity contribution in [1.29, 1.82) is 0 Å². The fraction of sp³-hybridized carbons (Fsp3) is 0.769. The average molecular weight is 290 g/mol. The highest BCUT2D eigenvalue weighted by atomic mass is 35.5. The Hall–Kier alpha value is -0.160. The molecule has 18 heavy (non-hydrogen) atoms. The van der Waals surface area contributed by atoms with E-state index in [0.717, 1.165) is 19.0 Å². The summed E-state index contributed by atoms with van der Waals surface area (Å²) in [5.74, 6) is 0.823. The fourth-order valence-corrected chi connectivity index (χ4v) is 3.62. The number of rotatable bonds is 3. The lowest BCUT2D eigenvalue weighted by Crippen LogP contribution is -2.45. The lowest BCUT2D eigenvalue weighted by Gasteiger charge is -2.37. The lowest BCUT2D eigenvalue weighted by molar-refractivity contribution is 0.116. The van der Waals surface area contributed by atoms with E-state index in [4.69, 9.17) is 5.73 Å². The molecule has 1 fully saturated rings. The van der Waals surface area contributed by atoms with E-state index >= 15 is 0 Å². The monoisotopic (exact) mass is 289 g/mol. The summed E-state index contributed by atoms with van der Waals surface area (Å²) in [7, 11) is 0. The SMILES string of the molecule is Cc1nc(C)c(CN2CCC(C)CC2CN)s1.Cl. The smallest absolute Gasteiger partial charge is 0.0900 e. The van der Waals surface area contributed by atoms with Crippen molar-refractivity contribution >= 4 is 23.7 Å². The largest absolute Gasteiger partial charge is 0.329 e. The lowest BCUT2D eigenvalue weighted by atomic mass is 9.92. The first kappa shape index (κ1) is 15.9. The second-order valence-corrected chi connectivity index (χ2v) is 6.52. The third kappa shape index (κ3) is 3.67. The first-order valence-electron chi connectivity index (χ1n) is 6.47. The topological polar surface area (TPSA) is 42.2 Å². The number of thiazole rings is 1. The maximum absolute atomic E-state index is 5.90. The molecule has 0 aromatic carbocycles. The minimum Gasteiger partial charge on any atom is -0.329 e. The van der Waals surface area contributed by atoms with Gasteiger partial charge in [-0.15, -0.1) is 23.7 Å². The van der Waals surface area contributed by atoms with Gasteiger partial charge >= 0.3 is 0 Å². The first-order valence-corrected chi connectivity index (χ1v) is 7.28. The number of aryl methyl sites for hydroxylation is 2. The number of likely N-dealkylation sites (tertiary alicyclic amines) is 1. The third-order valence-electron chi connectivity index (χ3n) is 3.72. The van der Waals surface area contributed by atoms with E-state index in [9.17, 15) is 0 Å². The van der Waals surface area contributed by atoms with Crippen molar-refractivity contribution in [3.05, 3.63) is 15.6 Å². The summed E-state index contributed by atoms with van der Waals surface area (Å²) in [6.45, 7) is 9.53. The minimum absolute atomic E-state index is 0. The fourth-order valence-electron chi connectivity index (χ4n) is 2.66. The molecule has 2 heterocycles. The van der Waals surface area contributed by atoms with Crippen LogP contribution in [0, 0.1) is 19.8 Å². The molecule has 1 saturated heterocycles. The molecule has 2 N–H and O–H groups in total. The van der Waals surface area contributed by atoms with E-state index in [-0.39, 0.29) is 12.4 Å². The normalized spacial score (nSPS) is 24.9. The van der Waals surface area contributed by atoms with E-state index in [0.29, 0.717) is 6.04 Å². The molecular weight excluding hydrogens is 266 g/mol. The molecule has 104 valence electrons. The van der Waals surface area contributed by atoms with Crippen molar-refractivity contribution in [2.75, 3.05) is 13.1 Å². The van der Waals surface area contributed by atoms with Gasteiger partial charge < -0.3 is 5.73 Å². The van der Waals surface area contributed by atoms with Crippen LogP contribution < -0.4 is 5.73 Å². The van der Waals surface area contributed by atoms with Crippen LogP contribution in [-0.2, 0) is 6.54 Å². The predicted octanol–water partition coefficient (Wildman–Crippen LogP) is 2.74. The van der Waals surface area contributed by atoms with Crippen molar-refractivity contribution < 1.29 is 0 Å². The molecule has 2 atom stereocenters. The van der Waals surface area contributed by atoms with Gasteiger partial charge in [0, 0.05) is 24.0 Å². The average Bonchev–Trinajstić information content (AvgIpc) is 2.60. The van der Waals surface area contributed by atoms with Crippen LogP contribution in [0.3, 0.4) is 0 Å². The molecule has 0 saturated carbocycles. The molecule has 1 aliphatic rings. The third-order valence-corrected chi connectivity index (χ3v) is 4.78. The van der Waals surface area contributed by atoms with Crippen LogP contribution in [0.4, 0.5) is 0 Å². The quantitative estimate of drug-likeness (QED) is 0.930. The Morgan fingerprint density at radius 1 is 1.44 bits per heavy atom. The van der Waals surface area contributed by atoms with Crippen LogP contribution in [0.25, 0.3) is 0 Å². The number of aromatic nitrogens is 1. The molecular formula is C13H24ClN3S. The molecule has 0 radical (unpaired) electrons.